The first-order valence-corrected chi connectivity index (χ1v) is 17.1. The molecular formula is C46H30N6. The van der Waals surface area contributed by atoms with Crippen LogP contribution >= 0.6 is 0 Å². The van der Waals surface area contributed by atoms with E-state index in [1.807, 2.05) is 54.6 Å². The van der Waals surface area contributed by atoms with Crippen LogP contribution in [0.3, 0.4) is 0 Å². The lowest BCUT2D eigenvalue weighted by Gasteiger charge is -2.25. The number of benzene rings is 7. The first-order valence-electron chi connectivity index (χ1n) is 17.1. The van der Waals surface area contributed by atoms with E-state index in [1.165, 1.54) is 10.8 Å². The highest BCUT2D eigenvalue weighted by Crippen LogP contribution is 2.39. The van der Waals surface area contributed by atoms with Gasteiger partial charge in [0.05, 0.1) is 22.7 Å². The number of anilines is 3. The summed E-state index contributed by atoms with van der Waals surface area (Å²) in [4.78, 5) is 16.9. The third kappa shape index (κ3) is 5.63. The molecule has 0 aliphatic carbocycles. The highest BCUT2D eigenvalue weighted by atomic mass is 15.1. The first kappa shape index (κ1) is 30.7. The van der Waals surface area contributed by atoms with Crippen LogP contribution in [0.15, 0.2) is 182 Å². The van der Waals surface area contributed by atoms with E-state index in [0.717, 1.165) is 50.5 Å². The van der Waals surface area contributed by atoms with Crippen LogP contribution in [0.4, 0.5) is 17.1 Å². The van der Waals surface area contributed by atoms with E-state index in [4.69, 9.17) is 15.0 Å². The molecule has 0 bridgehead atoms. The van der Waals surface area contributed by atoms with E-state index in [2.05, 4.69) is 131 Å². The average molecular weight is 667 g/mol. The van der Waals surface area contributed by atoms with Gasteiger partial charge in [-0.25, -0.2) is 15.0 Å². The van der Waals surface area contributed by atoms with Gasteiger partial charge >= 0.3 is 0 Å². The van der Waals surface area contributed by atoms with Crippen LogP contribution in [0.2, 0.25) is 0 Å². The summed E-state index contributed by atoms with van der Waals surface area (Å²) < 4.78 is 2.32. The molecule has 0 fully saturated rings. The third-order valence-corrected chi connectivity index (χ3v) is 9.27. The molecule has 0 amide bonds. The molecule has 6 heteroatoms. The van der Waals surface area contributed by atoms with Crippen molar-refractivity contribution in [2.24, 2.45) is 0 Å². The van der Waals surface area contributed by atoms with E-state index in [-0.39, 0.29) is 0 Å². The maximum absolute atomic E-state index is 9.32. The Hall–Kier alpha value is -7.36. The van der Waals surface area contributed by atoms with Gasteiger partial charge in [-0.3, -0.25) is 0 Å². The zero-order valence-electron chi connectivity index (χ0n) is 28.0. The van der Waals surface area contributed by atoms with Gasteiger partial charge in [-0.05, 0) is 97.1 Å². The number of aromatic nitrogens is 4. The number of para-hydroxylation sites is 3. The molecule has 2 heterocycles. The molecule has 6 nitrogen and oxygen atoms in total. The molecule has 7 aromatic carbocycles. The Labute approximate surface area is 301 Å². The van der Waals surface area contributed by atoms with Crippen molar-refractivity contribution in [3.8, 4) is 45.9 Å². The van der Waals surface area contributed by atoms with Crippen LogP contribution in [0, 0.1) is 11.3 Å². The highest BCUT2D eigenvalue weighted by Gasteiger charge is 2.18. The smallest absolute Gasteiger partial charge is 0.164 e. The summed E-state index contributed by atoms with van der Waals surface area (Å²) in [5, 5.41) is 11.7. The summed E-state index contributed by atoms with van der Waals surface area (Å²) in [6, 6.07) is 64.1. The lowest BCUT2D eigenvalue weighted by Crippen LogP contribution is -2.09. The first-order chi connectivity index (χ1) is 25.7. The standard InChI is InChI=1S/C46H30N6/c47-31-32-20-22-34(23-21-32)45-48-44(33-12-4-1-5-13-33)49-46(50-45)35-24-26-38(27-25-35)52-42-19-11-10-18-40(42)41-30-39(28-29-43(41)52)51(36-14-6-2-7-15-36)37-16-8-3-9-17-37/h1-30H. The Bertz CT molecular complexity index is 2680. The van der Waals surface area contributed by atoms with Crippen LogP contribution in [-0.4, -0.2) is 19.5 Å². The van der Waals surface area contributed by atoms with Crippen molar-refractivity contribution in [2.75, 3.05) is 4.90 Å². The zero-order valence-corrected chi connectivity index (χ0v) is 28.0. The van der Waals surface area contributed by atoms with Crippen LogP contribution in [0.25, 0.3) is 61.7 Å². The minimum absolute atomic E-state index is 0.552. The Morgan fingerprint density at radius 3 is 1.48 bits per heavy atom. The van der Waals surface area contributed by atoms with Crippen molar-refractivity contribution in [2.45, 2.75) is 0 Å². The monoisotopic (exact) mass is 666 g/mol. The van der Waals surface area contributed by atoms with Crippen LogP contribution in [0.1, 0.15) is 5.56 Å². The Morgan fingerprint density at radius 1 is 0.423 bits per heavy atom. The molecule has 2 aromatic heterocycles. The summed E-state index contributed by atoms with van der Waals surface area (Å²) in [5.74, 6) is 1.72. The summed E-state index contributed by atoms with van der Waals surface area (Å²) in [6.45, 7) is 0. The number of fused-ring (bicyclic) bond motifs is 3. The van der Waals surface area contributed by atoms with Gasteiger partial charge in [0, 0.05) is 50.2 Å². The fraction of sp³-hybridized carbons (Fsp3) is 0. The third-order valence-electron chi connectivity index (χ3n) is 9.27. The van der Waals surface area contributed by atoms with E-state index < -0.39 is 0 Å². The van der Waals surface area contributed by atoms with Crippen molar-refractivity contribution in [1.29, 1.82) is 5.26 Å². The number of hydrogen-bond acceptors (Lipinski definition) is 5. The van der Waals surface area contributed by atoms with Gasteiger partial charge in [-0.1, -0.05) is 84.9 Å². The molecule has 0 spiro atoms. The second-order valence-electron chi connectivity index (χ2n) is 12.5. The van der Waals surface area contributed by atoms with Crippen LogP contribution in [-0.2, 0) is 0 Å². The fourth-order valence-corrected chi connectivity index (χ4v) is 6.78. The quantitative estimate of drug-likeness (QED) is 0.169. The van der Waals surface area contributed by atoms with Crippen molar-refractivity contribution in [3.05, 3.63) is 188 Å². The molecule has 0 unspecified atom stereocenters. The minimum atomic E-state index is 0.552. The summed E-state index contributed by atoms with van der Waals surface area (Å²) in [5.41, 5.74) is 9.76. The lowest BCUT2D eigenvalue weighted by atomic mass is 10.1. The van der Waals surface area contributed by atoms with Crippen molar-refractivity contribution < 1.29 is 0 Å². The topological polar surface area (TPSA) is 70.6 Å². The lowest BCUT2D eigenvalue weighted by molar-refractivity contribution is 1.07. The van der Waals surface area contributed by atoms with Gasteiger partial charge in [0.25, 0.3) is 0 Å². The number of nitrogens with zero attached hydrogens (tertiary/aromatic N) is 6. The summed E-state index contributed by atoms with van der Waals surface area (Å²) in [7, 11) is 0. The predicted octanol–water partition coefficient (Wildman–Crippen LogP) is 11.3. The van der Waals surface area contributed by atoms with Crippen LogP contribution < -0.4 is 4.90 Å². The van der Waals surface area contributed by atoms with E-state index >= 15 is 0 Å². The molecule has 9 rings (SSSR count). The molecule has 0 N–H and O–H groups in total. The largest absolute Gasteiger partial charge is 0.310 e. The molecule has 52 heavy (non-hydrogen) atoms. The van der Waals surface area contributed by atoms with E-state index in [0.29, 0.717) is 23.0 Å². The maximum atomic E-state index is 9.32. The molecule has 244 valence electrons. The number of nitriles is 1. The number of rotatable bonds is 7. The normalized spacial score (nSPS) is 11.1. The highest BCUT2D eigenvalue weighted by molar-refractivity contribution is 6.10. The van der Waals surface area contributed by atoms with Gasteiger partial charge < -0.3 is 9.47 Å². The molecule has 0 saturated carbocycles. The van der Waals surface area contributed by atoms with Crippen molar-refractivity contribution in [3.63, 3.8) is 0 Å². The summed E-state index contributed by atoms with van der Waals surface area (Å²) >= 11 is 0. The van der Waals surface area contributed by atoms with Gasteiger partial charge in [-0.15, -0.1) is 0 Å². The van der Waals surface area contributed by atoms with E-state index in [9.17, 15) is 5.26 Å². The molecule has 0 atom stereocenters. The molecule has 0 aliphatic rings. The molecule has 0 saturated heterocycles. The van der Waals surface area contributed by atoms with Gasteiger partial charge in [0.1, 0.15) is 0 Å². The molecular weight excluding hydrogens is 637 g/mol. The maximum Gasteiger partial charge on any atom is 0.164 e. The zero-order chi connectivity index (χ0) is 34.9. The Kier molecular flexibility index (Phi) is 7.77. The summed E-state index contributed by atoms with van der Waals surface area (Å²) in [6.07, 6.45) is 0. The van der Waals surface area contributed by atoms with Crippen molar-refractivity contribution in [1.82, 2.24) is 19.5 Å². The van der Waals surface area contributed by atoms with E-state index in [1.54, 1.807) is 12.1 Å². The van der Waals surface area contributed by atoms with Crippen LogP contribution in [0.5, 0.6) is 0 Å². The number of hydrogen-bond donors (Lipinski definition) is 0. The van der Waals surface area contributed by atoms with Gasteiger partial charge in [-0.2, -0.15) is 5.26 Å². The second kappa shape index (κ2) is 13.2. The SMILES string of the molecule is N#Cc1ccc(-c2nc(-c3ccccc3)nc(-c3ccc(-n4c5ccccc5c5cc(N(c6ccccc6)c6ccccc6)ccc54)cc3)n2)cc1. The van der Waals surface area contributed by atoms with Gasteiger partial charge in [0.15, 0.2) is 17.5 Å². The molecule has 0 radical (unpaired) electrons. The Balaban J connectivity index is 1.15. The Morgan fingerprint density at radius 2 is 0.904 bits per heavy atom. The average Bonchev–Trinajstić information content (AvgIpc) is 3.56. The molecule has 0 aliphatic heterocycles. The van der Waals surface area contributed by atoms with Gasteiger partial charge in [0.2, 0.25) is 0 Å². The minimum Gasteiger partial charge on any atom is -0.310 e. The molecule has 9 aromatic rings. The van der Waals surface area contributed by atoms with Crippen molar-refractivity contribution >= 4 is 38.9 Å². The fourth-order valence-electron chi connectivity index (χ4n) is 6.78. The second-order valence-corrected chi connectivity index (χ2v) is 12.5. The predicted molar refractivity (Wildman–Crippen MR) is 210 cm³/mol.